The first-order valence-corrected chi connectivity index (χ1v) is 6.98. The normalized spacial score (nSPS) is 12.7. The van der Waals surface area contributed by atoms with Crippen LogP contribution in [-0.4, -0.2) is 18.6 Å². The van der Waals surface area contributed by atoms with Gasteiger partial charge < -0.3 is 5.32 Å². The summed E-state index contributed by atoms with van der Waals surface area (Å²) < 4.78 is 0. The smallest absolute Gasteiger partial charge is 0.0292 e. The van der Waals surface area contributed by atoms with E-state index in [1.165, 1.54) is 16.9 Å². The van der Waals surface area contributed by atoms with Gasteiger partial charge in [-0.05, 0) is 30.7 Å². The largest absolute Gasteiger partial charge is 0.309 e. The van der Waals surface area contributed by atoms with Crippen LogP contribution in [0.4, 0.5) is 0 Å². The Morgan fingerprint density at radius 1 is 1.27 bits per heavy atom. The Bertz CT molecular complexity index is 268. The fourth-order valence-electron chi connectivity index (χ4n) is 1.54. The zero-order valence-electron chi connectivity index (χ0n) is 9.92. The minimum atomic E-state index is 0.461. The molecule has 0 aliphatic rings. The van der Waals surface area contributed by atoms with Gasteiger partial charge in [0.1, 0.15) is 0 Å². The maximum Gasteiger partial charge on any atom is 0.0292 e. The van der Waals surface area contributed by atoms with E-state index in [0.29, 0.717) is 6.04 Å². The SMILES string of the molecule is CCc1ccc(C(C)NCCSC)cc1. The molecule has 0 saturated carbocycles. The number of aryl methyl sites for hydroxylation is 1. The molecule has 1 aromatic rings. The molecule has 1 N–H and O–H groups in total. The molecule has 0 saturated heterocycles. The Morgan fingerprint density at radius 2 is 1.93 bits per heavy atom. The fraction of sp³-hybridized carbons (Fsp3) is 0.538. The summed E-state index contributed by atoms with van der Waals surface area (Å²) in [6.07, 6.45) is 3.26. The first-order chi connectivity index (χ1) is 7.27. The van der Waals surface area contributed by atoms with E-state index in [-0.39, 0.29) is 0 Å². The summed E-state index contributed by atoms with van der Waals surface area (Å²) in [5, 5.41) is 3.52. The summed E-state index contributed by atoms with van der Waals surface area (Å²) >= 11 is 1.88. The molecule has 1 nitrogen and oxygen atoms in total. The maximum atomic E-state index is 3.52. The van der Waals surface area contributed by atoms with Crippen LogP contribution in [0.1, 0.15) is 31.0 Å². The second kappa shape index (κ2) is 6.91. The summed E-state index contributed by atoms with van der Waals surface area (Å²) in [7, 11) is 0. The van der Waals surface area contributed by atoms with E-state index in [0.717, 1.165) is 13.0 Å². The average molecular weight is 223 g/mol. The molecule has 2 heteroatoms. The number of rotatable bonds is 6. The highest BCUT2D eigenvalue weighted by Crippen LogP contribution is 2.13. The Morgan fingerprint density at radius 3 is 2.47 bits per heavy atom. The molecule has 15 heavy (non-hydrogen) atoms. The molecule has 84 valence electrons. The molecular formula is C13H21NS. The number of nitrogens with one attached hydrogen (secondary N) is 1. The van der Waals surface area contributed by atoms with E-state index in [1.807, 2.05) is 11.8 Å². The average Bonchev–Trinajstić information content (AvgIpc) is 2.29. The standard InChI is InChI=1S/C13H21NS/c1-4-12-5-7-13(8-6-12)11(2)14-9-10-15-3/h5-8,11,14H,4,9-10H2,1-3H3. The summed E-state index contributed by atoms with van der Waals surface area (Å²) in [6, 6.07) is 9.37. The highest BCUT2D eigenvalue weighted by molar-refractivity contribution is 7.98. The van der Waals surface area contributed by atoms with Gasteiger partial charge in [0.15, 0.2) is 0 Å². The van der Waals surface area contributed by atoms with Crippen LogP contribution in [0, 0.1) is 0 Å². The lowest BCUT2D eigenvalue weighted by atomic mass is 10.1. The zero-order chi connectivity index (χ0) is 11.1. The van der Waals surface area contributed by atoms with E-state index < -0.39 is 0 Å². The minimum absolute atomic E-state index is 0.461. The minimum Gasteiger partial charge on any atom is -0.309 e. The molecule has 0 amide bonds. The van der Waals surface area contributed by atoms with Gasteiger partial charge in [0.25, 0.3) is 0 Å². The summed E-state index contributed by atoms with van der Waals surface area (Å²) in [4.78, 5) is 0. The lowest BCUT2D eigenvalue weighted by Gasteiger charge is -2.14. The molecule has 0 fully saturated rings. The summed E-state index contributed by atoms with van der Waals surface area (Å²) in [5.74, 6) is 1.18. The van der Waals surface area contributed by atoms with Crippen molar-refractivity contribution in [2.75, 3.05) is 18.6 Å². The first kappa shape index (κ1) is 12.6. The van der Waals surface area contributed by atoms with Gasteiger partial charge in [0.05, 0.1) is 0 Å². The van der Waals surface area contributed by atoms with Crippen molar-refractivity contribution in [3.63, 3.8) is 0 Å². The van der Waals surface area contributed by atoms with Crippen molar-refractivity contribution in [3.8, 4) is 0 Å². The van der Waals surface area contributed by atoms with Crippen molar-refractivity contribution >= 4 is 11.8 Å². The van der Waals surface area contributed by atoms with Crippen molar-refractivity contribution in [2.24, 2.45) is 0 Å². The molecule has 0 aliphatic carbocycles. The first-order valence-electron chi connectivity index (χ1n) is 5.59. The topological polar surface area (TPSA) is 12.0 Å². The Balaban J connectivity index is 2.46. The van der Waals surface area contributed by atoms with Crippen molar-refractivity contribution in [2.45, 2.75) is 26.3 Å². The Hall–Kier alpha value is -0.470. The second-order valence-electron chi connectivity index (χ2n) is 3.76. The third kappa shape index (κ3) is 4.27. The summed E-state index contributed by atoms with van der Waals surface area (Å²) in [5.41, 5.74) is 2.79. The van der Waals surface area contributed by atoms with Crippen LogP contribution in [0.5, 0.6) is 0 Å². The third-order valence-electron chi connectivity index (χ3n) is 2.64. The molecule has 0 aromatic heterocycles. The molecule has 0 bridgehead atoms. The molecule has 0 radical (unpaired) electrons. The van der Waals surface area contributed by atoms with Gasteiger partial charge >= 0.3 is 0 Å². The highest BCUT2D eigenvalue weighted by Gasteiger charge is 2.03. The molecule has 1 atom stereocenters. The van der Waals surface area contributed by atoms with Crippen molar-refractivity contribution in [3.05, 3.63) is 35.4 Å². The molecule has 1 unspecified atom stereocenters. The maximum absolute atomic E-state index is 3.52. The number of thioether (sulfide) groups is 1. The van der Waals surface area contributed by atoms with Crippen molar-refractivity contribution < 1.29 is 0 Å². The van der Waals surface area contributed by atoms with Gasteiger partial charge in [-0.1, -0.05) is 31.2 Å². The van der Waals surface area contributed by atoms with Gasteiger partial charge in [-0.2, -0.15) is 11.8 Å². The van der Waals surface area contributed by atoms with Crippen LogP contribution in [0.3, 0.4) is 0 Å². The van der Waals surface area contributed by atoms with Crippen molar-refractivity contribution in [1.82, 2.24) is 5.32 Å². The molecule has 0 aliphatic heterocycles. The lowest BCUT2D eigenvalue weighted by Crippen LogP contribution is -2.21. The Labute approximate surface area is 97.7 Å². The highest BCUT2D eigenvalue weighted by atomic mass is 32.2. The third-order valence-corrected chi connectivity index (χ3v) is 3.26. The van der Waals surface area contributed by atoms with E-state index in [2.05, 4.69) is 49.7 Å². The second-order valence-corrected chi connectivity index (χ2v) is 4.75. The predicted octanol–water partition coefficient (Wildman–Crippen LogP) is 3.26. The van der Waals surface area contributed by atoms with Crippen LogP contribution in [0.2, 0.25) is 0 Å². The molecule has 1 rings (SSSR count). The fourth-order valence-corrected chi connectivity index (χ4v) is 1.86. The van der Waals surface area contributed by atoms with Gasteiger partial charge in [0.2, 0.25) is 0 Å². The van der Waals surface area contributed by atoms with Crippen LogP contribution in [-0.2, 0) is 6.42 Å². The number of benzene rings is 1. The van der Waals surface area contributed by atoms with Crippen LogP contribution in [0.15, 0.2) is 24.3 Å². The monoisotopic (exact) mass is 223 g/mol. The number of hydrogen-bond acceptors (Lipinski definition) is 2. The van der Waals surface area contributed by atoms with Gasteiger partial charge in [0, 0.05) is 18.3 Å². The van der Waals surface area contributed by atoms with E-state index >= 15 is 0 Å². The van der Waals surface area contributed by atoms with E-state index in [9.17, 15) is 0 Å². The van der Waals surface area contributed by atoms with Crippen LogP contribution >= 0.6 is 11.8 Å². The van der Waals surface area contributed by atoms with Crippen LogP contribution in [0.25, 0.3) is 0 Å². The molecule has 0 heterocycles. The van der Waals surface area contributed by atoms with Gasteiger partial charge in [-0.3, -0.25) is 0 Å². The molecule has 0 spiro atoms. The number of hydrogen-bond donors (Lipinski definition) is 1. The molecule has 1 aromatic carbocycles. The predicted molar refractivity (Wildman–Crippen MR) is 70.6 cm³/mol. The van der Waals surface area contributed by atoms with E-state index in [1.54, 1.807) is 0 Å². The molecular weight excluding hydrogens is 202 g/mol. The zero-order valence-corrected chi connectivity index (χ0v) is 10.7. The van der Waals surface area contributed by atoms with Crippen LogP contribution < -0.4 is 5.32 Å². The van der Waals surface area contributed by atoms with Gasteiger partial charge in [-0.15, -0.1) is 0 Å². The lowest BCUT2D eigenvalue weighted by molar-refractivity contribution is 0.601. The van der Waals surface area contributed by atoms with Gasteiger partial charge in [-0.25, -0.2) is 0 Å². The van der Waals surface area contributed by atoms with E-state index in [4.69, 9.17) is 0 Å². The quantitative estimate of drug-likeness (QED) is 0.743. The van der Waals surface area contributed by atoms with Crippen molar-refractivity contribution in [1.29, 1.82) is 0 Å². The Kier molecular flexibility index (Phi) is 5.81. The summed E-state index contributed by atoms with van der Waals surface area (Å²) in [6.45, 7) is 5.49.